The first-order chi connectivity index (χ1) is 14.4. The van der Waals surface area contributed by atoms with Crippen molar-refractivity contribution in [1.82, 2.24) is 29.7 Å². The van der Waals surface area contributed by atoms with E-state index in [1.54, 1.807) is 35.4 Å². The standard InChI is InChI=1S/C22H32N6O2/c1-26-11-10-24-20(26)14-25-19-8-4-7-18(12-21(29)27(2)16-19)22(30)28(3)15-17-6-5-9-23-13-17/h5-6,9-11,13,18-19,25H,4,7-8,12,14-16H2,1-3H3/t18-,19-/m1/s1. The molecule has 0 bridgehead atoms. The van der Waals surface area contributed by atoms with Crippen LogP contribution in [0, 0.1) is 5.92 Å². The molecule has 0 saturated carbocycles. The average molecular weight is 413 g/mol. The minimum Gasteiger partial charge on any atom is -0.344 e. The molecule has 3 heterocycles. The molecular weight excluding hydrogens is 380 g/mol. The Morgan fingerprint density at radius 1 is 1.30 bits per heavy atom. The van der Waals surface area contributed by atoms with E-state index < -0.39 is 0 Å². The summed E-state index contributed by atoms with van der Waals surface area (Å²) >= 11 is 0. The fourth-order valence-electron chi connectivity index (χ4n) is 3.94. The van der Waals surface area contributed by atoms with Crippen LogP contribution in [-0.4, -0.2) is 62.8 Å². The molecule has 0 spiro atoms. The summed E-state index contributed by atoms with van der Waals surface area (Å²) < 4.78 is 1.99. The van der Waals surface area contributed by atoms with Crippen LogP contribution in [0.5, 0.6) is 0 Å². The zero-order chi connectivity index (χ0) is 21.5. The van der Waals surface area contributed by atoms with Gasteiger partial charge in [-0.15, -0.1) is 0 Å². The number of pyridine rings is 1. The Labute approximate surface area is 178 Å². The molecule has 0 radical (unpaired) electrons. The number of imidazole rings is 1. The van der Waals surface area contributed by atoms with Gasteiger partial charge in [-0.1, -0.05) is 12.5 Å². The number of aromatic nitrogens is 3. The highest BCUT2D eigenvalue weighted by Gasteiger charge is 2.29. The van der Waals surface area contributed by atoms with Crippen molar-refractivity contribution in [2.24, 2.45) is 13.0 Å². The highest BCUT2D eigenvalue weighted by molar-refractivity contribution is 5.85. The maximum absolute atomic E-state index is 13.0. The van der Waals surface area contributed by atoms with E-state index >= 15 is 0 Å². The molecule has 2 amide bonds. The van der Waals surface area contributed by atoms with Crippen molar-refractivity contribution in [1.29, 1.82) is 0 Å². The second kappa shape index (κ2) is 10.3. The van der Waals surface area contributed by atoms with Gasteiger partial charge in [-0.2, -0.15) is 0 Å². The molecule has 30 heavy (non-hydrogen) atoms. The summed E-state index contributed by atoms with van der Waals surface area (Å²) in [6.07, 6.45) is 9.99. The average Bonchev–Trinajstić information content (AvgIpc) is 3.17. The van der Waals surface area contributed by atoms with E-state index in [4.69, 9.17) is 0 Å². The summed E-state index contributed by atoms with van der Waals surface area (Å²) in [5, 5.41) is 3.53. The molecule has 0 aliphatic carbocycles. The number of rotatable bonds is 6. The van der Waals surface area contributed by atoms with Crippen molar-refractivity contribution in [3.63, 3.8) is 0 Å². The van der Waals surface area contributed by atoms with Crippen LogP contribution in [0.15, 0.2) is 36.9 Å². The number of likely N-dealkylation sites (N-methyl/N-ethyl adjacent to an activating group) is 1. The molecule has 0 aromatic carbocycles. The minimum absolute atomic E-state index is 0.0221. The van der Waals surface area contributed by atoms with E-state index in [1.165, 1.54) is 0 Å². The monoisotopic (exact) mass is 412 g/mol. The molecule has 162 valence electrons. The van der Waals surface area contributed by atoms with Gasteiger partial charge in [0.2, 0.25) is 11.8 Å². The van der Waals surface area contributed by atoms with Gasteiger partial charge in [-0.05, 0) is 24.5 Å². The second-order valence-corrected chi connectivity index (χ2v) is 8.19. The summed E-state index contributed by atoms with van der Waals surface area (Å²) in [4.78, 5) is 37.7. The van der Waals surface area contributed by atoms with Gasteiger partial charge in [0.25, 0.3) is 0 Å². The summed E-state index contributed by atoms with van der Waals surface area (Å²) in [6.45, 7) is 1.79. The van der Waals surface area contributed by atoms with Crippen molar-refractivity contribution in [2.45, 2.75) is 44.8 Å². The molecule has 0 unspecified atom stereocenters. The normalized spacial score (nSPS) is 20.4. The molecule has 1 aliphatic rings. The first-order valence-electron chi connectivity index (χ1n) is 10.5. The highest BCUT2D eigenvalue weighted by Crippen LogP contribution is 2.21. The van der Waals surface area contributed by atoms with Gasteiger partial charge in [0.15, 0.2) is 0 Å². The number of nitrogens with one attached hydrogen (secondary N) is 1. The molecule has 8 heteroatoms. The van der Waals surface area contributed by atoms with Crippen molar-refractivity contribution in [2.75, 3.05) is 20.6 Å². The third-order valence-corrected chi connectivity index (χ3v) is 5.78. The third-order valence-electron chi connectivity index (χ3n) is 5.78. The zero-order valence-electron chi connectivity index (χ0n) is 18.1. The van der Waals surface area contributed by atoms with Crippen LogP contribution in [0.2, 0.25) is 0 Å². The number of hydrogen-bond donors (Lipinski definition) is 1. The largest absolute Gasteiger partial charge is 0.344 e. The lowest BCUT2D eigenvalue weighted by atomic mass is 9.95. The first kappa shape index (κ1) is 22.0. The molecule has 2 aromatic heterocycles. The number of carbonyl (C=O) groups is 2. The van der Waals surface area contributed by atoms with Crippen LogP contribution < -0.4 is 5.32 Å². The first-order valence-corrected chi connectivity index (χ1v) is 10.5. The zero-order valence-corrected chi connectivity index (χ0v) is 18.1. The van der Waals surface area contributed by atoms with Gasteiger partial charge in [0, 0.05) is 77.4 Å². The molecule has 1 fully saturated rings. The predicted octanol–water partition coefficient (Wildman–Crippen LogP) is 1.58. The number of carbonyl (C=O) groups excluding carboxylic acids is 2. The number of hydrogen-bond acceptors (Lipinski definition) is 5. The predicted molar refractivity (Wildman–Crippen MR) is 114 cm³/mol. The van der Waals surface area contributed by atoms with Gasteiger partial charge < -0.3 is 19.7 Å². The van der Waals surface area contributed by atoms with E-state index in [9.17, 15) is 9.59 Å². The Hall–Kier alpha value is -2.74. The van der Waals surface area contributed by atoms with Gasteiger partial charge in [-0.3, -0.25) is 14.6 Å². The minimum atomic E-state index is -0.282. The van der Waals surface area contributed by atoms with Crippen LogP contribution in [0.4, 0.5) is 0 Å². The van der Waals surface area contributed by atoms with E-state index in [2.05, 4.69) is 15.3 Å². The Morgan fingerprint density at radius 3 is 2.83 bits per heavy atom. The lowest BCUT2D eigenvalue weighted by molar-refractivity contribution is -0.140. The fourth-order valence-corrected chi connectivity index (χ4v) is 3.94. The fraction of sp³-hybridized carbons (Fsp3) is 0.545. The van der Waals surface area contributed by atoms with Crippen molar-refractivity contribution in [3.8, 4) is 0 Å². The number of nitrogens with zero attached hydrogens (tertiary/aromatic N) is 5. The Balaban J connectivity index is 1.59. The highest BCUT2D eigenvalue weighted by atomic mass is 16.2. The van der Waals surface area contributed by atoms with Crippen LogP contribution in [0.25, 0.3) is 0 Å². The Morgan fingerprint density at radius 2 is 2.13 bits per heavy atom. The lowest BCUT2D eigenvalue weighted by Gasteiger charge is -2.25. The molecule has 1 saturated heterocycles. The maximum Gasteiger partial charge on any atom is 0.226 e. The van der Waals surface area contributed by atoms with Gasteiger partial charge in [0.05, 0.1) is 6.54 Å². The van der Waals surface area contributed by atoms with Crippen molar-refractivity contribution >= 4 is 11.8 Å². The SMILES string of the molecule is CN1C[C@H](NCc2nccn2C)CCC[C@@H](C(=O)N(C)Cc2cccnc2)CC1=O. The maximum atomic E-state index is 13.0. The van der Waals surface area contributed by atoms with Gasteiger partial charge in [0.1, 0.15) is 5.82 Å². The quantitative estimate of drug-likeness (QED) is 0.779. The van der Waals surface area contributed by atoms with E-state index in [0.29, 0.717) is 19.6 Å². The lowest BCUT2D eigenvalue weighted by Crippen LogP contribution is -2.42. The molecule has 3 rings (SSSR count). The third kappa shape index (κ3) is 5.89. The van der Waals surface area contributed by atoms with Crippen LogP contribution in [-0.2, 0) is 29.7 Å². The van der Waals surface area contributed by atoms with Crippen molar-refractivity contribution in [3.05, 3.63) is 48.3 Å². The molecule has 1 aliphatic heterocycles. The smallest absolute Gasteiger partial charge is 0.226 e. The van der Waals surface area contributed by atoms with Crippen LogP contribution in [0.1, 0.15) is 37.1 Å². The summed E-state index contributed by atoms with van der Waals surface area (Å²) in [7, 11) is 5.60. The second-order valence-electron chi connectivity index (χ2n) is 8.19. The molecular formula is C22H32N6O2. The van der Waals surface area contributed by atoms with E-state index in [1.807, 2.05) is 37.0 Å². The van der Waals surface area contributed by atoms with Crippen LogP contribution >= 0.6 is 0 Å². The van der Waals surface area contributed by atoms with E-state index in [-0.39, 0.29) is 30.2 Å². The number of amides is 2. The summed E-state index contributed by atoms with van der Waals surface area (Å²) in [5.41, 5.74) is 0.985. The van der Waals surface area contributed by atoms with Gasteiger partial charge in [-0.25, -0.2) is 4.98 Å². The topological polar surface area (TPSA) is 83.4 Å². The number of aryl methyl sites for hydroxylation is 1. The van der Waals surface area contributed by atoms with Crippen molar-refractivity contribution < 1.29 is 9.59 Å². The van der Waals surface area contributed by atoms with Gasteiger partial charge >= 0.3 is 0 Å². The Bertz CT molecular complexity index is 837. The summed E-state index contributed by atoms with van der Waals surface area (Å²) in [5.74, 6) is 0.734. The van der Waals surface area contributed by atoms with Crippen LogP contribution in [0.3, 0.4) is 0 Å². The Kier molecular flexibility index (Phi) is 7.57. The molecule has 1 N–H and O–H groups in total. The summed E-state index contributed by atoms with van der Waals surface area (Å²) in [6, 6.07) is 4.00. The van der Waals surface area contributed by atoms with E-state index in [0.717, 1.165) is 30.7 Å². The molecule has 2 aromatic rings. The molecule has 8 nitrogen and oxygen atoms in total. The molecule has 2 atom stereocenters.